The van der Waals surface area contributed by atoms with Crippen molar-refractivity contribution in [2.45, 2.75) is 14.9 Å². The molecule has 90 valence electrons. The molecule has 0 aliphatic rings. The molecule has 0 aliphatic heterocycles. The molecule has 1 aromatic carbocycles. The van der Waals surface area contributed by atoms with E-state index in [0.717, 1.165) is 11.3 Å². The first-order valence-electron chi connectivity index (χ1n) is 5.30. The highest BCUT2D eigenvalue weighted by Crippen LogP contribution is 2.32. The molecule has 10 radical (unpaired) electrons. The number of benzene rings is 1. The molecule has 0 spiro atoms. The van der Waals surface area contributed by atoms with Crippen molar-refractivity contribution in [3.05, 3.63) is 18.2 Å². The molecule has 0 saturated heterocycles. The Hall–Kier alpha value is -0.655. The zero-order chi connectivity index (χ0) is 15.1. The Morgan fingerprint density at radius 1 is 1.25 bits per heavy atom. The summed E-state index contributed by atoms with van der Waals surface area (Å²) in [6, 6.07) is 4.80. The Balaban J connectivity index is 2.35. The molecule has 0 bridgehead atoms. The van der Waals surface area contributed by atoms with Gasteiger partial charge in [-0.3, -0.25) is 0 Å². The number of nitrogens with two attached hydrogens (primary N) is 1. The van der Waals surface area contributed by atoms with E-state index in [1.54, 1.807) is 18.2 Å². The van der Waals surface area contributed by atoms with Crippen molar-refractivity contribution in [1.29, 1.82) is 0 Å². The SMILES string of the molecule is [B]C([B])([B])C([B])([B])Oc1ccc2nc(S(N)=O)sc2c1. The van der Waals surface area contributed by atoms with Gasteiger partial charge in [0.25, 0.3) is 0 Å². The summed E-state index contributed by atoms with van der Waals surface area (Å²) in [4.78, 5) is 4.10. The number of ether oxygens (including phenoxy) is 1. The third-order valence-corrected chi connectivity index (χ3v) is 4.47. The molecule has 2 aromatic rings. The van der Waals surface area contributed by atoms with E-state index in [0.29, 0.717) is 20.3 Å². The van der Waals surface area contributed by atoms with Gasteiger partial charge in [-0.2, -0.15) is 0 Å². The summed E-state index contributed by atoms with van der Waals surface area (Å²) in [6.07, 6.45) is 0. The lowest BCUT2D eigenvalue weighted by atomic mass is 9.28. The van der Waals surface area contributed by atoms with Gasteiger partial charge in [0.15, 0.2) is 15.3 Å². The molecule has 20 heavy (non-hydrogen) atoms. The van der Waals surface area contributed by atoms with E-state index in [-0.39, 0.29) is 0 Å². The van der Waals surface area contributed by atoms with Crippen LogP contribution in [0.3, 0.4) is 0 Å². The number of hydrogen-bond donors (Lipinski definition) is 1. The topological polar surface area (TPSA) is 65.2 Å². The van der Waals surface area contributed by atoms with E-state index in [9.17, 15) is 4.21 Å². The van der Waals surface area contributed by atoms with Crippen molar-refractivity contribution in [3.63, 3.8) is 0 Å². The van der Waals surface area contributed by atoms with Crippen molar-refractivity contribution in [1.82, 2.24) is 4.98 Å². The zero-order valence-corrected chi connectivity index (χ0v) is 11.9. The number of aromatic nitrogens is 1. The number of thiazole rings is 1. The molecule has 4 nitrogen and oxygen atoms in total. The monoisotopic (exact) mass is 292 g/mol. The summed E-state index contributed by atoms with van der Waals surface area (Å²) in [7, 11) is 25.9. The highest BCUT2D eigenvalue weighted by Gasteiger charge is 2.32. The van der Waals surface area contributed by atoms with Crippen LogP contribution in [-0.4, -0.2) is 53.8 Å². The van der Waals surface area contributed by atoms with Gasteiger partial charge in [0.2, 0.25) is 0 Å². The maximum absolute atomic E-state index is 11.2. The Bertz CT molecular complexity index is 670. The summed E-state index contributed by atoms with van der Waals surface area (Å²) >= 11 is 1.16. The van der Waals surface area contributed by atoms with Crippen LogP contribution in [0.4, 0.5) is 0 Å². The fourth-order valence-corrected chi connectivity index (χ4v) is 2.83. The highest BCUT2D eigenvalue weighted by molar-refractivity contribution is 7.85. The highest BCUT2D eigenvalue weighted by atomic mass is 32.2. The second-order valence-electron chi connectivity index (χ2n) is 4.23. The van der Waals surface area contributed by atoms with Gasteiger partial charge in [0, 0.05) is 5.40 Å². The summed E-state index contributed by atoms with van der Waals surface area (Å²) < 4.78 is 17.5. The minimum absolute atomic E-state index is 0.297. The van der Waals surface area contributed by atoms with Crippen LogP contribution in [0.1, 0.15) is 0 Å². The van der Waals surface area contributed by atoms with E-state index in [4.69, 9.17) is 49.1 Å². The maximum Gasteiger partial charge on any atom is 0.197 e. The first kappa shape index (κ1) is 15.7. The van der Waals surface area contributed by atoms with Crippen molar-refractivity contribution in [2.24, 2.45) is 5.14 Å². The van der Waals surface area contributed by atoms with Gasteiger partial charge < -0.3 is 4.74 Å². The van der Waals surface area contributed by atoms with Gasteiger partial charge in [-0.25, -0.2) is 14.3 Å². The van der Waals surface area contributed by atoms with Crippen molar-refractivity contribution in [3.8, 4) is 5.75 Å². The molecule has 0 fully saturated rings. The molecule has 11 heteroatoms. The molecular weight excluding hydrogens is 286 g/mol. The third-order valence-electron chi connectivity index (χ3n) is 2.48. The van der Waals surface area contributed by atoms with Crippen LogP contribution in [-0.2, 0) is 11.0 Å². The Kier molecular flexibility index (Phi) is 4.15. The Morgan fingerprint density at radius 3 is 2.45 bits per heavy atom. The number of fused-ring (bicyclic) bond motifs is 1. The molecule has 1 atom stereocenters. The van der Waals surface area contributed by atoms with Crippen LogP contribution in [0.15, 0.2) is 22.5 Å². The van der Waals surface area contributed by atoms with Gasteiger partial charge in [-0.1, -0.05) is 0 Å². The van der Waals surface area contributed by atoms with Crippen molar-refractivity contribution in [2.75, 3.05) is 0 Å². The largest absolute Gasteiger partial charge is 0.508 e. The van der Waals surface area contributed by atoms with Crippen LogP contribution in [0.25, 0.3) is 10.2 Å². The molecular formula is C9H5B5N2O2S2. The summed E-state index contributed by atoms with van der Waals surface area (Å²) in [5.41, 5.74) is 0.621. The average molecular weight is 291 g/mol. The van der Waals surface area contributed by atoms with Gasteiger partial charge in [-0.15, -0.1) is 16.4 Å². The molecule has 1 heterocycles. The van der Waals surface area contributed by atoms with Gasteiger partial charge >= 0.3 is 0 Å². The standard InChI is InChI=1S/C9H5B5N2O2S2/c10-8(11,12)9(13,14)18-4-1-2-5-6(3-4)19-7(16-5)20(15)17/h1-3H,15H2. The third kappa shape index (κ3) is 3.15. The fraction of sp³-hybridized carbons (Fsp3) is 0.222. The Labute approximate surface area is 129 Å². The Morgan fingerprint density at radius 2 is 1.90 bits per heavy atom. The fourth-order valence-electron chi connectivity index (χ4n) is 1.32. The maximum atomic E-state index is 11.2. The molecule has 1 unspecified atom stereocenters. The summed E-state index contributed by atoms with van der Waals surface area (Å²) in [6.45, 7) is 0. The lowest BCUT2D eigenvalue weighted by Gasteiger charge is -2.42. The molecule has 2 N–H and O–H groups in total. The second-order valence-corrected chi connectivity index (χ2v) is 6.51. The van der Waals surface area contributed by atoms with Gasteiger partial charge in [-0.05, 0) is 18.2 Å². The van der Waals surface area contributed by atoms with E-state index in [2.05, 4.69) is 4.98 Å². The second kappa shape index (κ2) is 5.28. The van der Waals surface area contributed by atoms with E-state index in [1.807, 2.05) is 0 Å². The van der Waals surface area contributed by atoms with Crippen molar-refractivity contribution < 1.29 is 8.95 Å². The number of nitrogens with zero attached hydrogens (tertiary/aromatic N) is 1. The molecule has 0 saturated carbocycles. The zero-order valence-electron chi connectivity index (χ0n) is 10.3. The van der Waals surface area contributed by atoms with Crippen molar-refractivity contribution >= 4 is 71.8 Å². The molecule has 2 rings (SSSR count). The van der Waals surface area contributed by atoms with Gasteiger partial charge in [0.1, 0.15) is 21.4 Å². The average Bonchev–Trinajstić information content (AvgIpc) is 2.69. The summed E-state index contributed by atoms with van der Waals surface area (Å²) in [5.74, 6) is 0.297. The predicted molar refractivity (Wildman–Crippen MR) is 85.0 cm³/mol. The van der Waals surface area contributed by atoms with Crippen LogP contribution in [0.5, 0.6) is 5.75 Å². The molecule has 1 aromatic heterocycles. The van der Waals surface area contributed by atoms with E-state index in [1.165, 1.54) is 0 Å². The minimum atomic E-state index is -1.97. The van der Waals surface area contributed by atoms with Gasteiger partial charge in [0.05, 0.1) is 33.8 Å². The molecule has 0 amide bonds. The minimum Gasteiger partial charge on any atom is -0.508 e. The van der Waals surface area contributed by atoms with Crippen LogP contribution >= 0.6 is 11.3 Å². The molecule has 0 aliphatic carbocycles. The number of rotatable bonds is 4. The summed E-state index contributed by atoms with van der Waals surface area (Å²) in [5, 5.41) is 1.38. The quantitative estimate of drug-likeness (QED) is 0.752. The predicted octanol–water partition coefficient (Wildman–Crippen LogP) is -0.774. The van der Waals surface area contributed by atoms with Crippen LogP contribution in [0, 0.1) is 0 Å². The smallest absolute Gasteiger partial charge is 0.197 e. The normalized spacial score (nSPS) is 14.2. The van der Waals surface area contributed by atoms with Crippen LogP contribution in [0.2, 0.25) is 5.11 Å². The first-order valence-corrected chi connectivity index (χ1v) is 7.33. The van der Waals surface area contributed by atoms with Crippen LogP contribution < -0.4 is 9.88 Å². The first-order chi connectivity index (χ1) is 9.10. The lowest BCUT2D eigenvalue weighted by Crippen LogP contribution is -2.50. The van der Waals surface area contributed by atoms with E-state index < -0.39 is 21.5 Å². The lowest BCUT2D eigenvalue weighted by molar-refractivity contribution is 0.242. The van der Waals surface area contributed by atoms with E-state index >= 15 is 0 Å². The number of hydrogen-bond acceptors (Lipinski definition) is 4.